The first-order valence-corrected chi connectivity index (χ1v) is 13.8. The van der Waals surface area contributed by atoms with Crippen LogP contribution in [0.1, 0.15) is 37.1 Å². The van der Waals surface area contributed by atoms with Crippen molar-refractivity contribution in [3.05, 3.63) is 81.6 Å². The molecule has 2 aromatic carbocycles. The molecule has 1 saturated heterocycles. The van der Waals surface area contributed by atoms with Crippen LogP contribution in [0.3, 0.4) is 0 Å². The van der Waals surface area contributed by atoms with E-state index in [4.69, 9.17) is 16.1 Å². The van der Waals surface area contributed by atoms with Gasteiger partial charge in [0.1, 0.15) is 5.65 Å². The van der Waals surface area contributed by atoms with E-state index < -0.39 is 0 Å². The number of nitrogens with one attached hydrogen (secondary N) is 1. The number of aryl methyl sites for hydroxylation is 2. The van der Waals surface area contributed by atoms with Gasteiger partial charge in [-0.3, -0.25) is 9.36 Å². The highest BCUT2D eigenvalue weighted by Crippen LogP contribution is 2.32. The molecule has 204 valence electrons. The number of pyridine rings is 1. The number of aromatic nitrogens is 5. The van der Waals surface area contributed by atoms with Gasteiger partial charge in [0.25, 0.3) is 5.56 Å². The molecule has 1 aliphatic heterocycles. The fourth-order valence-electron chi connectivity index (χ4n) is 5.34. The van der Waals surface area contributed by atoms with Gasteiger partial charge in [-0.05, 0) is 68.2 Å². The molecular formula is C30H30ClN7O2. The van der Waals surface area contributed by atoms with Crippen molar-refractivity contribution >= 4 is 34.3 Å². The minimum atomic E-state index is -0.208. The molecule has 5 aromatic rings. The number of hydrogen-bond donors (Lipinski definition) is 1. The lowest BCUT2D eigenvalue weighted by Crippen LogP contribution is -2.32. The van der Waals surface area contributed by atoms with Crippen LogP contribution in [-0.4, -0.2) is 49.2 Å². The largest absolute Gasteiger partial charge is 0.339 e. The van der Waals surface area contributed by atoms with Crippen LogP contribution >= 0.6 is 11.6 Å². The molecule has 1 aliphatic rings. The molecule has 3 aromatic heterocycles. The molecule has 0 spiro atoms. The Bertz CT molecular complexity index is 1740. The Morgan fingerprint density at radius 2 is 1.82 bits per heavy atom. The topological polar surface area (TPSA) is 102 Å². The first kappa shape index (κ1) is 26.2. The number of rotatable bonds is 6. The molecule has 1 fully saturated rings. The van der Waals surface area contributed by atoms with Crippen molar-refractivity contribution in [2.45, 2.75) is 32.6 Å². The molecule has 0 unspecified atom stereocenters. The third-order valence-electron chi connectivity index (χ3n) is 7.67. The van der Waals surface area contributed by atoms with Crippen LogP contribution in [0.2, 0.25) is 5.02 Å². The maximum atomic E-state index is 13.4. The molecule has 0 saturated carbocycles. The summed E-state index contributed by atoms with van der Waals surface area (Å²) in [5.74, 6) is 1.94. The molecule has 0 amide bonds. The Hall–Kier alpha value is -4.08. The summed E-state index contributed by atoms with van der Waals surface area (Å²) in [5.41, 5.74) is 4.36. The van der Waals surface area contributed by atoms with Crippen LogP contribution in [0.4, 0.5) is 11.6 Å². The van der Waals surface area contributed by atoms with Crippen molar-refractivity contribution in [3.8, 4) is 22.5 Å². The highest BCUT2D eigenvalue weighted by molar-refractivity contribution is 6.33. The quantitative estimate of drug-likeness (QED) is 0.274. The van der Waals surface area contributed by atoms with Crippen molar-refractivity contribution in [2.75, 3.05) is 25.0 Å². The van der Waals surface area contributed by atoms with Crippen LogP contribution in [0.15, 0.2) is 64.0 Å². The summed E-state index contributed by atoms with van der Waals surface area (Å²) in [6.07, 6.45) is 4.10. The average Bonchev–Trinajstić information content (AvgIpc) is 3.42. The first-order valence-electron chi connectivity index (χ1n) is 13.5. The summed E-state index contributed by atoms with van der Waals surface area (Å²) < 4.78 is 6.59. The van der Waals surface area contributed by atoms with Gasteiger partial charge < -0.3 is 14.7 Å². The lowest BCUT2D eigenvalue weighted by Gasteiger charge is -2.31. The highest BCUT2D eigenvalue weighted by Gasteiger charge is 2.20. The zero-order valence-electron chi connectivity index (χ0n) is 22.7. The minimum absolute atomic E-state index is 0.208. The zero-order valence-corrected chi connectivity index (χ0v) is 23.4. The average molecular weight is 556 g/mol. The SMILES string of the molecule is CCN1CCC(c2ccc(Nc3ncc4cc(-c5ccc(-c6noc(C)n6)cc5Cl)c(=O)n(C)c4n3)cc2)CC1. The van der Waals surface area contributed by atoms with Crippen molar-refractivity contribution in [1.29, 1.82) is 0 Å². The summed E-state index contributed by atoms with van der Waals surface area (Å²) in [6, 6.07) is 15.6. The van der Waals surface area contributed by atoms with E-state index in [1.54, 1.807) is 38.4 Å². The van der Waals surface area contributed by atoms with Gasteiger partial charge in [0.05, 0.1) is 0 Å². The summed E-state index contributed by atoms with van der Waals surface area (Å²) in [5, 5.41) is 8.36. The van der Waals surface area contributed by atoms with E-state index in [2.05, 4.69) is 61.5 Å². The second-order valence-corrected chi connectivity index (χ2v) is 10.6. The number of halogens is 1. The van der Waals surface area contributed by atoms with Gasteiger partial charge in [-0.25, -0.2) is 4.98 Å². The predicted octanol–water partition coefficient (Wildman–Crippen LogP) is 5.95. The van der Waals surface area contributed by atoms with Crippen LogP contribution in [0.5, 0.6) is 0 Å². The van der Waals surface area contributed by atoms with Gasteiger partial charge in [0.15, 0.2) is 0 Å². The predicted molar refractivity (Wildman–Crippen MR) is 157 cm³/mol. The number of likely N-dealkylation sites (tertiary alicyclic amines) is 1. The Morgan fingerprint density at radius 1 is 1.05 bits per heavy atom. The monoisotopic (exact) mass is 555 g/mol. The summed E-state index contributed by atoms with van der Waals surface area (Å²) in [4.78, 5) is 29.3. The van der Waals surface area contributed by atoms with Crippen LogP contribution in [-0.2, 0) is 7.05 Å². The van der Waals surface area contributed by atoms with E-state index in [9.17, 15) is 4.79 Å². The van der Waals surface area contributed by atoms with Gasteiger partial charge in [-0.1, -0.05) is 47.9 Å². The van der Waals surface area contributed by atoms with Gasteiger partial charge >= 0.3 is 0 Å². The summed E-state index contributed by atoms with van der Waals surface area (Å²) >= 11 is 6.61. The van der Waals surface area contributed by atoms with Crippen LogP contribution in [0.25, 0.3) is 33.5 Å². The summed E-state index contributed by atoms with van der Waals surface area (Å²) in [7, 11) is 1.70. The van der Waals surface area contributed by atoms with E-state index >= 15 is 0 Å². The van der Waals surface area contributed by atoms with Crippen molar-refractivity contribution < 1.29 is 4.52 Å². The van der Waals surface area contributed by atoms with E-state index in [0.29, 0.717) is 50.9 Å². The normalized spacial score (nSPS) is 14.6. The molecule has 1 N–H and O–H groups in total. The lowest BCUT2D eigenvalue weighted by molar-refractivity contribution is 0.222. The standard InChI is InChI=1S/C30H30ClN7O2/c1-4-38-13-11-20(12-14-38)19-5-8-23(9-6-19)34-30-32-17-22-15-25(29(39)37(3)28(22)35-30)24-10-7-21(16-26(24)31)27-33-18(2)40-36-27/h5-10,15-17,20H,4,11-14H2,1-3H3,(H,32,34,35). The fourth-order valence-corrected chi connectivity index (χ4v) is 5.62. The fraction of sp³-hybridized carbons (Fsp3) is 0.300. The zero-order chi connectivity index (χ0) is 27.8. The second kappa shape index (κ2) is 10.8. The third kappa shape index (κ3) is 5.10. The number of anilines is 2. The Morgan fingerprint density at radius 3 is 2.50 bits per heavy atom. The molecule has 10 heteroatoms. The van der Waals surface area contributed by atoms with Crippen molar-refractivity contribution in [1.82, 2.24) is 29.6 Å². The van der Waals surface area contributed by atoms with Crippen molar-refractivity contribution in [2.24, 2.45) is 7.05 Å². The smallest absolute Gasteiger partial charge is 0.259 e. The molecule has 4 heterocycles. The molecule has 0 atom stereocenters. The Kier molecular flexibility index (Phi) is 7.08. The maximum absolute atomic E-state index is 13.4. The number of fused-ring (bicyclic) bond motifs is 1. The van der Waals surface area contributed by atoms with E-state index in [-0.39, 0.29) is 5.56 Å². The van der Waals surface area contributed by atoms with Gasteiger partial charge in [-0.15, -0.1) is 0 Å². The molecule has 40 heavy (non-hydrogen) atoms. The Labute approximate surface area is 236 Å². The van der Waals surface area contributed by atoms with Gasteiger partial charge in [0, 0.05) is 53.0 Å². The van der Waals surface area contributed by atoms with E-state index in [0.717, 1.165) is 30.7 Å². The first-order chi connectivity index (χ1) is 19.4. The highest BCUT2D eigenvalue weighted by atomic mass is 35.5. The molecule has 9 nitrogen and oxygen atoms in total. The van der Waals surface area contributed by atoms with E-state index in [1.807, 2.05) is 6.07 Å². The van der Waals surface area contributed by atoms with E-state index in [1.165, 1.54) is 23.0 Å². The minimum Gasteiger partial charge on any atom is -0.339 e. The number of piperidine rings is 1. The number of benzene rings is 2. The van der Waals surface area contributed by atoms with Gasteiger partial charge in [0.2, 0.25) is 17.7 Å². The summed E-state index contributed by atoms with van der Waals surface area (Å²) in [6.45, 7) is 7.38. The van der Waals surface area contributed by atoms with Crippen molar-refractivity contribution in [3.63, 3.8) is 0 Å². The molecule has 0 bridgehead atoms. The maximum Gasteiger partial charge on any atom is 0.259 e. The molecule has 6 rings (SSSR count). The lowest BCUT2D eigenvalue weighted by atomic mass is 9.89. The van der Waals surface area contributed by atoms with Crippen LogP contribution in [0, 0.1) is 6.92 Å². The van der Waals surface area contributed by atoms with Gasteiger partial charge in [-0.2, -0.15) is 9.97 Å². The Balaban J connectivity index is 1.24. The molecule has 0 radical (unpaired) electrons. The number of hydrogen-bond acceptors (Lipinski definition) is 8. The molecule has 0 aliphatic carbocycles. The molecular weight excluding hydrogens is 526 g/mol. The third-order valence-corrected chi connectivity index (χ3v) is 7.98. The van der Waals surface area contributed by atoms with Crippen LogP contribution < -0.4 is 10.9 Å². The second-order valence-electron chi connectivity index (χ2n) is 10.2. The number of nitrogens with zero attached hydrogens (tertiary/aromatic N) is 6.